The van der Waals surface area contributed by atoms with Crippen LogP contribution in [-0.2, 0) is 16.5 Å². The first-order valence-electron chi connectivity index (χ1n) is 9.09. The van der Waals surface area contributed by atoms with Crippen LogP contribution in [0.3, 0.4) is 0 Å². The molecule has 0 amide bonds. The van der Waals surface area contributed by atoms with Crippen molar-refractivity contribution in [2.24, 2.45) is 0 Å². The van der Waals surface area contributed by atoms with Crippen LogP contribution in [0, 0.1) is 0 Å². The topological polar surface area (TPSA) is 36.9 Å². The van der Waals surface area contributed by atoms with E-state index in [4.69, 9.17) is 16.5 Å². The van der Waals surface area contributed by atoms with Crippen LogP contribution in [0.5, 0.6) is 0 Å². The van der Waals surface area contributed by atoms with E-state index in [9.17, 15) is 0 Å². The molecule has 0 unspecified atom stereocenters. The molecule has 23 heavy (non-hydrogen) atoms. The molecule has 0 spiro atoms. The minimum Gasteiger partial charge on any atom is -0.458 e. The molecule has 0 saturated carbocycles. The Labute approximate surface area is 153 Å². The zero-order valence-electron chi connectivity index (χ0n) is 17.1. The van der Waals surface area contributed by atoms with Gasteiger partial charge in [0.15, 0.2) is 44.5 Å². The smallest absolute Gasteiger partial charge is 0.458 e. The highest BCUT2D eigenvalue weighted by Gasteiger charge is 2.43. The van der Waals surface area contributed by atoms with E-state index >= 15 is 0 Å². The molecule has 0 aromatic rings. The van der Waals surface area contributed by atoms with Crippen LogP contribution < -0.4 is 0 Å². The van der Waals surface area contributed by atoms with Gasteiger partial charge in [-0.2, -0.15) is 0 Å². The van der Waals surface area contributed by atoms with Gasteiger partial charge in [0.2, 0.25) is 0 Å². The standard InChI is InChI=1S/C13H40O4Si6/c1-18(2)14-22(9,10)12-11-13-23(15-19(3)4,16-20(5)6)17-21(7)8/h18-21H,11-13H2,1-10H3. The summed E-state index contributed by atoms with van der Waals surface area (Å²) in [5.74, 6) is 0. The zero-order chi connectivity index (χ0) is 18.3. The second-order valence-electron chi connectivity index (χ2n) is 7.96. The Morgan fingerprint density at radius 3 is 1.22 bits per heavy atom. The molecule has 10 heteroatoms. The third-order valence-electron chi connectivity index (χ3n) is 3.06. The van der Waals surface area contributed by atoms with Gasteiger partial charge in [-0.05, 0) is 77.9 Å². The summed E-state index contributed by atoms with van der Waals surface area (Å²) in [7, 11) is -8.48. The average molecular weight is 429 g/mol. The first kappa shape index (κ1) is 24.1. The van der Waals surface area contributed by atoms with Crippen molar-refractivity contribution in [3.05, 3.63) is 0 Å². The van der Waals surface area contributed by atoms with Gasteiger partial charge >= 0.3 is 8.80 Å². The van der Waals surface area contributed by atoms with E-state index in [0.717, 1.165) is 12.5 Å². The first-order chi connectivity index (χ1) is 10.4. The lowest BCUT2D eigenvalue weighted by molar-refractivity contribution is 0.267. The molecular weight excluding hydrogens is 389 g/mol. The Morgan fingerprint density at radius 2 is 0.913 bits per heavy atom. The molecule has 0 aliphatic rings. The SMILES string of the molecule is C[SiH](C)O[Si](C)(C)CCC[Si](O[SiH](C)C)(O[SiH](C)C)O[SiH](C)C. The molecule has 0 bridgehead atoms. The number of hydrogen-bond acceptors (Lipinski definition) is 4. The van der Waals surface area contributed by atoms with Crippen LogP contribution >= 0.6 is 0 Å². The zero-order valence-corrected chi connectivity index (χ0v) is 23.7. The summed E-state index contributed by atoms with van der Waals surface area (Å²) in [5.41, 5.74) is 0. The first-order valence-corrected chi connectivity index (χ1v) is 25.3. The van der Waals surface area contributed by atoms with Gasteiger partial charge in [-0.1, -0.05) is 0 Å². The highest BCUT2D eigenvalue weighted by Crippen LogP contribution is 2.26. The maximum absolute atomic E-state index is 6.44. The maximum Gasteiger partial charge on any atom is 0.468 e. The molecule has 0 atom stereocenters. The molecule has 140 valence electrons. The van der Waals surface area contributed by atoms with Crippen LogP contribution in [0.4, 0.5) is 0 Å². The normalized spacial score (nSPS) is 13.8. The van der Waals surface area contributed by atoms with Gasteiger partial charge in [0.25, 0.3) is 0 Å². The van der Waals surface area contributed by atoms with Gasteiger partial charge in [0.05, 0.1) is 0 Å². The fraction of sp³-hybridized carbons (Fsp3) is 1.00. The number of hydrogen-bond donors (Lipinski definition) is 0. The lowest BCUT2D eigenvalue weighted by atomic mass is 10.6. The van der Waals surface area contributed by atoms with Gasteiger partial charge < -0.3 is 16.5 Å². The van der Waals surface area contributed by atoms with E-state index in [0.29, 0.717) is 0 Å². The Bertz CT molecular complexity index is 299. The molecule has 0 rings (SSSR count). The minimum absolute atomic E-state index is 0.951. The Morgan fingerprint density at radius 1 is 0.565 bits per heavy atom. The quantitative estimate of drug-likeness (QED) is 0.446. The van der Waals surface area contributed by atoms with Gasteiger partial charge in [-0.3, -0.25) is 0 Å². The molecule has 0 heterocycles. The fourth-order valence-corrected chi connectivity index (χ4v) is 22.5. The van der Waals surface area contributed by atoms with Crippen LogP contribution in [0.25, 0.3) is 0 Å². The molecule has 0 aliphatic heterocycles. The van der Waals surface area contributed by atoms with Crippen molar-refractivity contribution in [1.82, 2.24) is 0 Å². The summed E-state index contributed by atoms with van der Waals surface area (Å²) in [6, 6.07) is 2.16. The molecular formula is C13H40O4Si6. The summed E-state index contributed by atoms with van der Waals surface area (Å²) in [6.07, 6.45) is 1.12. The second kappa shape index (κ2) is 11.0. The Kier molecular flexibility index (Phi) is 11.5. The third-order valence-corrected chi connectivity index (χ3v) is 20.0. The van der Waals surface area contributed by atoms with Gasteiger partial charge in [-0.15, -0.1) is 0 Å². The van der Waals surface area contributed by atoms with E-state index in [-0.39, 0.29) is 0 Å². The summed E-state index contributed by atoms with van der Waals surface area (Å²) in [4.78, 5) is 0. The maximum atomic E-state index is 6.44. The monoisotopic (exact) mass is 428 g/mol. The van der Waals surface area contributed by atoms with Crippen LogP contribution in [0.2, 0.25) is 77.6 Å². The molecule has 0 saturated heterocycles. The summed E-state index contributed by atoms with van der Waals surface area (Å²) in [6.45, 7) is 22.6. The lowest BCUT2D eigenvalue weighted by Crippen LogP contribution is -2.53. The molecule has 0 fully saturated rings. The van der Waals surface area contributed by atoms with Crippen molar-refractivity contribution in [3.63, 3.8) is 0 Å². The fourth-order valence-electron chi connectivity index (χ4n) is 2.77. The van der Waals surface area contributed by atoms with Crippen molar-refractivity contribution in [2.45, 2.75) is 84.0 Å². The molecule has 0 aliphatic carbocycles. The highest BCUT2D eigenvalue weighted by atomic mass is 28.5. The van der Waals surface area contributed by atoms with E-state index < -0.39 is 53.3 Å². The minimum atomic E-state index is -2.46. The summed E-state index contributed by atoms with van der Waals surface area (Å²) in [5, 5.41) is 0. The molecule has 0 aromatic carbocycles. The van der Waals surface area contributed by atoms with Crippen LogP contribution in [0.1, 0.15) is 6.42 Å². The largest absolute Gasteiger partial charge is 0.468 e. The lowest BCUT2D eigenvalue weighted by Gasteiger charge is -2.36. The van der Waals surface area contributed by atoms with Crippen LogP contribution in [0.15, 0.2) is 0 Å². The summed E-state index contributed by atoms with van der Waals surface area (Å²) < 4.78 is 25.6. The predicted octanol–water partition coefficient (Wildman–Crippen LogP) is 3.52. The van der Waals surface area contributed by atoms with Gasteiger partial charge in [0.1, 0.15) is 0 Å². The third kappa shape index (κ3) is 12.2. The van der Waals surface area contributed by atoms with E-state index in [2.05, 4.69) is 65.5 Å². The van der Waals surface area contributed by atoms with Crippen molar-refractivity contribution >= 4 is 53.3 Å². The molecule has 0 N–H and O–H groups in total. The van der Waals surface area contributed by atoms with Crippen molar-refractivity contribution in [2.75, 3.05) is 0 Å². The van der Waals surface area contributed by atoms with Gasteiger partial charge in [0, 0.05) is 6.04 Å². The highest BCUT2D eigenvalue weighted by molar-refractivity contribution is 6.80. The van der Waals surface area contributed by atoms with Crippen molar-refractivity contribution < 1.29 is 16.5 Å². The summed E-state index contributed by atoms with van der Waals surface area (Å²) >= 11 is 0. The van der Waals surface area contributed by atoms with Gasteiger partial charge in [-0.25, -0.2) is 0 Å². The van der Waals surface area contributed by atoms with E-state index in [1.54, 1.807) is 0 Å². The Hall–Kier alpha value is 1.14. The van der Waals surface area contributed by atoms with Crippen molar-refractivity contribution in [3.8, 4) is 0 Å². The molecule has 0 aromatic heterocycles. The number of rotatable bonds is 12. The van der Waals surface area contributed by atoms with Crippen LogP contribution in [-0.4, -0.2) is 53.3 Å². The molecule has 4 nitrogen and oxygen atoms in total. The second-order valence-corrected chi connectivity index (χ2v) is 26.0. The average Bonchev–Trinajstić information content (AvgIpc) is 2.22. The molecule has 0 radical (unpaired) electrons. The van der Waals surface area contributed by atoms with Crippen molar-refractivity contribution in [1.29, 1.82) is 0 Å². The Balaban J connectivity index is 4.90. The predicted molar refractivity (Wildman–Crippen MR) is 117 cm³/mol. The van der Waals surface area contributed by atoms with E-state index in [1.807, 2.05) is 0 Å². The van der Waals surface area contributed by atoms with E-state index in [1.165, 1.54) is 6.04 Å².